The first-order chi connectivity index (χ1) is 13.9. The van der Waals surface area contributed by atoms with Crippen LogP contribution < -0.4 is 4.74 Å². The summed E-state index contributed by atoms with van der Waals surface area (Å²) in [4.78, 5) is 19.4. The molecule has 0 unspecified atom stereocenters. The number of halogens is 2. The third kappa shape index (κ3) is 5.19. The summed E-state index contributed by atoms with van der Waals surface area (Å²) < 4.78 is 18.9. The molecule has 1 saturated heterocycles. The fourth-order valence-electron chi connectivity index (χ4n) is 2.65. The van der Waals surface area contributed by atoms with Crippen molar-refractivity contribution >= 4 is 46.2 Å². The van der Waals surface area contributed by atoms with E-state index in [1.807, 2.05) is 32.9 Å². The van der Waals surface area contributed by atoms with Crippen LogP contribution in [-0.4, -0.2) is 28.6 Å². The Morgan fingerprint density at radius 3 is 2.59 bits per heavy atom. The number of amides is 1. The zero-order chi connectivity index (χ0) is 21.0. The van der Waals surface area contributed by atoms with Crippen molar-refractivity contribution in [2.24, 2.45) is 4.99 Å². The SMILES string of the molecule is CC[C@H](C)Oc1ccc(/C=C2\SC(=Nc3ccc(F)cc3)N(CC)C2=O)cc1Cl. The van der Waals surface area contributed by atoms with E-state index in [2.05, 4.69) is 4.99 Å². The number of amidine groups is 1. The maximum atomic E-state index is 13.1. The van der Waals surface area contributed by atoms with Crippen molar-refractivity contribution in [2.75, 3.05) is 6.54 Å². The molecule has 152 valence electrons. The second kappa shape index (κ2) is 9.46. The van der Waals surface area contributed by atoms with Crippen LogP contribution in [0.15, 0.2) is 52.4 Å². The highest BCUT2D eigenvalue weighted by Crippen LogP contribution is 2.35. The zero-order valence-electron chi connectivity index (χ0n) is 16.5. The van der Waals surface area contributed by atoms with Crippen LogP contribution in [0.3, 0.4) is 0 Å². The van der Waals surface area contributed by atoms with E-state index in [0.29, 0.717) is 33.1 Å². The molecular weight excluding hydrogens is 411 g/mol. The molecule has 1 fully saturated rings. The quantitative estimate of drug-likeness (QED) is 0.504. The summed E-state index contributed by atoms with van der Waals surface area (Å²) in [5.74, 6) is 0.186. The molecule has 1 heterocycles. The Morgan fingerprint density at radius 1 is 1.24 bits per heavy atom. The molecule has 4 nitrogen and oxygen atoms in total. The van der Waals surface area contributed by atoms with Crippen LogP contribution in [0.1, 0.15) is 32.8 Å². The molecule has 3 rings (SSSR count). The Hall–Kier alpha value is -2.31. The van der Waals surface area contributed by atoms with Crippen molar-refractivity contribution in [1.29, 1.82) is 0 Å². The molecule has 0 radical (unpaired) electrons. The molecule has 0 aliphatic carbocycles. The summed E-state index contributed by atoms with van der Waals surface area (Å²) in [6.45, 7) is 6.41. The second-order valence-corrected chi connectivity index (χ2v) is 7.97. The monoisotopic (exact) mass is 432 g/mol. The van der Waals surface area contributed by atoms with E-state index in [1.165, 1.54) is 23.9 Å². The molecule has 1 amide bonds. The number of thioether (sulfide) groups is 1. The first-order valence-electron chi connectivity index (χ1n) is 9.43. The van der Waals surface area contributed by atoms with Crippen LogP contribution in [0.5, 0.6) is 5.75 Å². The van der Waals surface area contributed by atoms with E-state index in [1.54, 1.807) is 29.2 Å². The van der Waals surface area contributed by atoms with Crippen LogP contribution >= 0.6 is 23.4 Å². The molecule has 7 heteroatoms. The molecule has 0 N–H and O–H groups in total. The van der Waals surface area contributed by atoms with E-state index in [-0.39, 0.29) is 17.8 Å². The summed E-state index contributed by atoms with van der Waals surface area (Å²) in [5, 5.41) is 1.07. The Labute approximate surface area is 179 Å². The number of hydrogen-bond donors (Lipinski definition) is 0. The first-order valence-corrected chi connectivity index (χ1v) is 10.6. The molecule has 1 atom stereocenters. The van der Waals surface area contributed by atoms with Gasteiger partial charge in [0.05, 0.1) is 21.7 Å². The predicted molar refractivity (Wildman–Crippen MR) is 118 cm³/mol. The van der Waals surface area contributed by atoms with Crippen LogP contribution in [0.4, 0.5) is 10.1 Å². The van der Waals surface area contributed by atoms with Gasteiger partial charge in [-0.15, -0.1) is 0 Å². The highest BCUT2D eigenvalue weighted by atomic mass is 35.5. The largest absolute Gasteiger partial charge is 0.489 e. The topological polar surface area (TPSA) is 41.9 Å². The van der Waals surface area contributed by atoms with E-state index in [4.69, 9.17) is 16.3 Å². The van der Waals surface area contributed by atoms with Gasteiger partial charge in [-0.1, -0.05) is 24.6 Å². The fourth-order valence-corrected chi connectivity index (χ4v) is 3.95. The molecule has 1 aliphatic heterocycles. The van der Waals surface area contributed by atoms with Crippen LogP contribution in [-0.2, 0) is 4.79 Å². The average molecular weight is 433 g/mol. The number of rotatable bonds is 6. The van der Waals surface area contributed by atoms with Crippen molar-refractivity contribution in [3.8, 4) is 5.75 Å². The normalized spacial score (nSPS) is 18.0. The van der Waals surface area contributed by atoms with Gasteiger partial charge in [-0.2, -0.15) is 0 Å². The molecule has 0 bridgehead atoms. The summed E-state index contributed by atoms with van der Waals surface area (Å²) in [6, 6.07) is 11.3. The van der Waals surface area contributed by atoms with Gasteiger partial charge in [0.15, 0.2) is 5.17 Å². The Balaban J connectivity index is 1.85. The van der Waals surface area contributed by atoms with Gasteiger partial charge in [0.25, 0.3) is 5.91 Å². The number of benzene rings is 2. The maximum Gasteiger partial charge on any atom is 0.266 e. The number of carbonyl (C=O) groups is 1. The third-order valence-corrected chi connectivity index (χ3v) is 5.71. The second-order valence-electron chi connectivity index (χ2n) is 6.56. The minimum absolute atomic E-state index is 0.0759. The van der Waals surface area contributed by atoms with Crippen LogP contribution in [0.25, 0.3) is 6.08 Å². The van der Waals surface area contributed by atoms with E-state index >= 15 is 0 Å². The minimum Gasteiger partial charge on any atom is -0.489 e. The van der Waals surface area contributed by atoms with Crippen LogP contribution in [0, 0.1) is 5.82 Å². The highest BCUT2D eigenvalue weighted by Gasteiger charge is 2.32. The lowest BCUT2D eigenvalue weighted by molar-refractivity contribution is -0.122. The van der Waals surface area contributed by atoms with Gasteiger partial charge in [-0.3, -0.25) is 9.69 Å². The van der Waals surface area contributed by atoms with Crippen molar-refractivity contribution < 1.29 is 13.9 Å². The Morgan fingerprint density at radius 2 is 1.97 bits per heavy atom. The Bertz CT molecular complexity index is 960. The number of nitrogens with zero attached hydrogens (tertiary/aromatic N) is 2. The summed E-state index contributed by atoms with van der Waals surface area (Å²) in [7, 11) is 0. The first kappa shape index (κ1) is 21.4. The van der Waals surface area contributed by atoms with Crippen molar-refractivity contribution in [3.05, 3.63) is 63.8 Å². The smallest absolute Gasteiger partial charge is 0.266 e. The molecule has 29 heavy (non-hydrogen) atoms. The third-order valence-electron chi connectivity index (χ3n) is 4.41. The maximum absolute atomic E-state index is 13.1. The van der Waals surface area contributed by atoms with Crippen molar-refractivity contribution in [2.45, 2.75) is 33.3 Å². The number of likely N-dealkylation sites (N-methyl/N-ethyl adjacent to an activating group) is 1. The molecule has 0 saturated carbocycles. The predicted octanol–water partition coefficient (Wildman–Crippen LogP) is 6.28. The van der Waals surface area contributed by atoms with Gasteiger partial charge in [0, 0.05) is 6.54 Å². The fraction of sp³-hybridized carbons (Fsp3) is 0.273. The molecule has 2 aromatic rings. The zero-order valence-corrected chi connectivity index (χ0v) is 18.1. The number of ether oxygens (including phenoxy) is 1. The standard InChI is InChI=1S/C22H22ClFN2O2S/c1-4-14(3)28-19-11-6-15(12-18(19)23)13-20-21(27)26(5-2)22(29-20)25-17-9-7-16(24)8-10-17/h6-14H,4-5H2,1-3H3/b20-13-,25-22?/t14-/m0/s1. The minimum atomic E-state index is -0.324. The van der Waals surface area contributed by atoms with Crippen molar-refractivity contribution in [3.63, 3.8) is 0 Å². The van der Waals surface area contributed by atoms with E-state index < -0.39 is 0 Å². The average Bonchev–Trinajstić information content (AvgIpc) is 2.99. The van der Waals surface area contributed by atoms with Gasteiger partial charge in [-0.05, 0) is 80.1 Å². The van der Waals surface area contributed by atoms with Crippen LogP contribution in [0.2, 0.25) is 5.02 Å². The van der Waals surface area contributed by atoms with Gasteiger partial charge in [0.2, 0.25) is 0 Å². The van der Waals surface area contributed by atoms with Gasteiger partial charge < -0.3 is 4.74 Å². The number of aliphatic imine (C=N–C) groups is 1. The van der Waals surface area contributed by atoms with Gasteiger partial charge in [0.1, 0.15) is 11.6 Å². The molecule has 0 spiro atoms. The van der Waals surface area contributed by atoms with E-state index in [0.717, 1.165) is 12.0 Å². The molecular formula is C22H22ClFN2O2S. The Kier molecular flexibility index (Phi) is 6.98. The lowest BCUT2D eigenvalue weighted by Crippen LogP contribution is -2.28. The lowest BCUT2D eigenvalue weighted by Gasteiger charge is -2.14. The highest BCUT2D eigenvalue weighted by molar-refractivity contribution is 8.18. The summed E-state index contributed by atoms with van der Waals surface area (Å²) in [6.07, 6.45) is 2.75. The summed E-state index contributed by atoms with van der Waals surface area (Å²) in [5.41, 5.74) is 1.40. The number of carbonyl (C=O) groups excluding carboxylic acids is 1. The van der Waals surface area contributed by atoms with Gasteiger partial charge >= 0.3 is 0 Å². The molecule has 2 aromatic carbocycles. The number of hydrogen-bond acceptors (Lipinski definition) is 4. The lowest BCUT2D eigenvalue weighted by atomic mass is 10.2. The van der Waals surface area contributed by atoms with E-state index in [9.17, 15) is 9.18 Å². The summed E-state index contributed by atoms with van der Waals surface area (Å²) >= 11 is 7.64. The van der Waals surface area contributed by atoms with Gasteiger partial charge in [-0.25, -0.2) is 9.38 Å². The van der Waals surface area contributed by atoms with Crippen molar-refractivity contribution in [1.82, 2.24) is 4.90 Å². The molecule has 0 aromatic heterocycles. The molecule has 1 aliphatic rings.